The van der Waals surface area contributed by atoms with Gasteiger partial charge in [-0.2, -0.15) is 0 Å². The van der Waals surface area contributed by atoms with Gasteiger partial charge in [0.2, 0.25) is 0 Å². The zero-order valence-electron chi connectivity index (χ0n) is 7.67. The summed E-state index contributed by atoms with van der Waals surface area (Å²) in [5.41, 5.74) is -2.07. The highest BCUT2D eigenvalue weighted by molar-refractivity contribution is 7.11. The Labute approximate surface area is 80.4 Å². The molecule has 4 heteroatoms. The van der Waals surface area contributed by atoms with Crippen molar-refractivity contribution >= 4 is 11.3 Å². The largest absolute Gasteiger partial charge is 0.384 e. The van der Waals surface area contributed by atoms with Crippen LogP contribution in [0, 0.1) is 0 Å². The standard InChI is InChI=1S/C9H12FNOS/c1-8(2,10)7-11-5-6(13-7)9(12)3-4-9/h5,12H,3-4H2,1-2H3. The first kappa shape index (κ1) is 9.09. The molecule has 0 radical (unpaired) electrons. The lowest BCUT2D eigenvalue weighted by Crippen LogP contribution is -2.07. The van der Waals surface area contributed by atoms with E-state index >= 15 is 0 Å². The predicted molar refractivity (Wildman–Crippen MR) is 49.4 cm³/mol. The van der Waals surface area contributed by atoms with Crippen molar-refractivity contribution in [2.45, 2.75) is 38.0 Å². The Morgan fingerprint density at radius 3 is 2.62 bits per heavy atom. The maximum atomic E-state index is 13.4. The van der Waals surface area contributed by atoms with Gasteiger partial charge in [0.1, 0.15) is 10.6 Å². The van der Waals surface area contributed by atoms with Crippen LogP contribution in [-0.4, -0.2) is 10.1 Å². The number of aliphatic hydroxyl groups is 1. The summed E-state index contributed by atoms with van der Waals surface area (Å²) < 4.78 is 13.4. The Bertz CT molecular complexity index is 305. The van der Waals surface area contributed by atoms with Crippen LogP contribution >= 0.6 is 11.3 Å². The third kappa shape index (κ3) is 1.60. The first-order chi connectivity index (χ1) is 5.92. The summed E-state index contributed by atoms with van der Waals surface area (Å²) in [7, 11) is 0. The molecular weight excluding hydrogens is 189 g/mol. The van der Waals surface area contributed by atoms with Gasteiger partial charge in [-0.3, -0.25) is 0 Å². The van der Waals surface area contributed by atoms with E-state index in [2.05, 4.69) is 4.98 Å². The van der Waals surface area contributed by atoms with Crippen molar-refractivity contribution in [3.8, 4) is 0 Å². The molecule has 0 spiro atoms. The molecule has 1 heterocycles. The number of hydrogen-bond donors (Lipinski definition) is 1. The summed E-state index contributed by atoms with van der Waals surface area (Å²) in [5, 5.41) is 10.2. The molecule has 1 saturated carbocycles. The van der Waals surface area contributed by atoms with Crippen molar-refractivity contribution < 1.29 is 9.50 Å². The third-order valence-corrected chi connectivity index (χ3v) is 3.69. The van der Waals surface area contributed by atoms with Crippen molar-refractivity contribution in [3.05, 3.63) is 16.1 Å². The van der Waals surface area contributed by atoms with E-state index in [4.69, 9.17) is 0 Å². The number of aromatic nitrogens is 1. The molecule has 0 saturated heterocycles. The molecule has 1 fully saturated rings. The predicted octanol–water partition coefficient (Wildman–Crippen LogP) is 2.33. The van der Waals surface area contributed by atoms with Crippen LogP contribution in [0.25, 0.3) is 0 Å². The summed E-state index contributed by atoms with van der Waals surface area (Å²) in [6.45, 7) is 2.96. The second-order valence-electron chi connectivity index (χ2n) is 4.03. The van der Waals surface area contributed by atoms with Gasteiger partial charge in [-0.15, -0.1) is 11.3 Å². The number of hydrogen-bond acceptors (Lipinski definition) is 3. The molecular formula is C9H12FNOS. The van der Waals surface area contributed by atoms with Crippen molar-refractivity contribution in [3.63, 3.8) is 0 Å². The summed E-state index contributed by atoms with van der Waals surface area (Å²) in [6.07, 6.45) is 3.15. The zero-order valence-corrected chi connectivity index (χ0v) is 8.49. The normalized spacial score (nSPS) is 20.3. The highest BCUT2D eigenvalue weighted by atomic mass is 32.1. The Balaban J connectivity index is 2.29. The SMILES string of the molecule is CC(C)(F)c1ncc(C2(O)CC2)s1. The number of alkyl halides is 1. The lowest BCUT2D eigenvalue weighted by Gasteiger charge is -2.09. The number of thiazole rings is 1. The second-order valence-corrected chi connectivity index (χ2v) is 5.06. The van der Waals surface area contributed by atoms with Crippen molar-refractivity contribution in [1.82, 2.24) is 4.98 Å². The molecule has 13 heavy (non-hydrogen) atoms. The van der Waals surface area contributed by atoms with Gasteiger partial charge in [-0.25, -0.2) is 9.37 Å². The Morgan fingerprint density at radius 2 is 2.23 bits per heavy atom. The molecule has 72 valence electrons. The number of halogens is 1. The van der Waals surface area contributed by atoms with E-state index in [-0.39, 0.29) is 0 Å². The van der Waals surface area contributed by atoms with Crippen LogP contribution in [0.3, 0.4) is 0 Å². The van der Waals surface area contributed by atoms with Crippen LogP contribution < -0.4 is 0 Å². The van der Waals surface area contributed by atoms with Crippen LogP contribution in [0.15, 0.2) is 6.20 Å². The smallest absolute Gasteiger partial charge is 0.156 e. The summed E-state index contributed by atoms with van der Waals surface area (Å²) in [4.78, 5) is 4.78. The quantitative estimate of drug-likeness (QED) is 0.796. The number of rotatable bonds is 2. The van der Waals surface area contributed by atoms with E-state index < -0.39 is 11.3 Å². The lowest BCUT2D eigenvalue weighted by molar-refractivity contribution is 0.155. The summed E-state index contributed by atoms with van der Waals surface area (Å²) >= 11 is 1.27. The minimum absolute atomic E-state index is 0.447. The molecule has 1 aliphatic carbocycles. The molecule has 2 rings (SSSR count). The van der Waals surface area contributed by atoms with Gasteiger partial charge in [0, 0.05) is 6.20 Å². The Hall–Kier alpha value is -0.480. The third-order valence-electron chi connectivity index (χ3n) is 2.20. The average molecular weight is 201 g/mol. The first-order valence-electron chi connectivity index (χ1n) is 4.30. The van der Waals surface area contributed by atoms with Crippen LogP contribution in [0.1, 0.15) is 36.6 Å². The van der Waals surface area contributed by atoms with Gasteiger partial charge in [-0.05, 0) is 26.7 Å². The van der Waals surface area contributed by atoms with Gasteiger partial charge in [0.05, 0.1) is 4.88 Å². The minimum Gasteiger partial charge on any atom is -0.384 e. The van der Waals surface area contributed by atoms with Crippen LogP contribution in [0.4, 0.5) is 4.39 Å². The first-order valence-corrected chi connectivity index (χ1v) is 5.11. The van der Waals surface area contributed by atoms with Crippen LogP contribution in [-0.2, 0) is 11.3 Å². The average Bonchev–Trinajstić information content (AvgIpc) is 2.60. The maximum Gasteiger partial charge on any atom is 0.156 e. The Kier molecular flexibility index (Phi) is 1.76. The van der Waals surface area contributed by atoms with E-state index in [0.29, 0.717) is 5.01 Å². The molecule has 0 atom stereocenters. The van der Waals surface area contributed by atoms with Gasteiger partial charge in [-0.1, -0.05) is 0 Å². The molecule has 2 nitrogen and oxygen atoms in total. The molecule has 1 aliphatic rings. The van der Waals surface area contributed by atoms with Gasteiger partial charge in [0.15, 0.2) is 5.67 Å². The van der Waals surface area contributed by atoms with Crippen molar-refractivity contribution in [2.75, 3.05) is 0 Å². The van der Waals surface area contributed by atoms with E-state index in [1.807, 2.05) is 0 Å². The Morgan fingerprint density at radius 1 is 1.62 bits per heavy atom. The molecule has 1 aromatic rings. The van der Waals surface area contributed by atoms with Crippen LogP contribution in [0.5, 0.6) is 0 Å². The second kappa shape index (κ2) is 2.51. The van der Waals surface area contributed by atoms with Crippen molar-refractivity contribution in [1.29, 1.82) is 0 Å². The molecule has 0 bridgehead atoms. The minimum atomic E-state index is -1.39. The molecule has 1 aromatic heterocycles. The highest BCUT2D eigenvalue weighted by Crippen LogP contribution is 2.48. The van der Waals surface area contributed by atoms with E-state index in [1.165, 1.54) is 25.2 Å². The van der Waals surface area contributed by atoms with Gasteiger partial charge >= 0.3 is 0 Å². The van der Waals surface area contributed by atoms with E-state index in [9.17, 15) is 9.50 Å². The fourth-order valence-electron chi connectivity index (χ4n) is 1.13. The van der Waals surface area contributed by atoms with Crippen LogP contribution in [0.2, 0.25) is 0 Å². The van der Waals surface area contributed by atoms with Gasteiger partial charge < -0.3 is 5.11 Å². The summed E-state index contributed by atoms with van der Waals surface area (Å²) in [5.74, 6) is 0. The highest BCUT2D eigenvalue weighted by Gasteiger charge is 2.44. The molecule has 0 aliphatic heterocycles. The maximum absolute atomic E-state index is 13.4. The topological polar surface area (TPSA) is 33.1 Å². The molecule has 0 aromatic carbocycles. The summed E-state index contributed by atoms with van der Waals surface area (Å²) in [6, 6.07) is 0. The van der Waals surface area contributed by atoms with Gasteiger partial charge in [0.25, 0.3) is 0 Å². The molecule has 0 amide bonds. The fourth-order valence-corrected chi connectivity index (χ4v) is 2.18. The lowest BCUT2D eigenvalue weighted by atomic mass is 10.2. The fraction of sp³-hybridized carbons (Fsp3) is 0.667. The molecule has 1 N–H and O–H groups in total. The van der Waals surface area contributed by atoms with Crippen molar-refractivity contribution in [2.24, 2.45) is 0 Å². The number of nitrogens with zero attached hydrogens (tertiary/aromatic N) is 1. The van der Waals surface area contributed by atoms with E-state index in [0.717, 1.165) is 17.7 Å². The zero-order chi connectivity index (χ0) is 9.69. The van der Waals surface area contributed by atoms with E-state index in [1.54, 1.807) is 6.20 Å². The molecule has 0 unspecified atom stereocenters. The monoisotopic (exact) mass is 201 g/mol.